The molecule has 0 bridgehead atoms. The second-order valence-electron chi connectivity index (χ2n) is 6.39. The Morgan fingerprint density at radius 2 is 2.18 bits per heavy atom. The van der Waals surface area contributed by atoms with Gasteiger partial charge in [-0.15, -0.1) is 0 Å². The van der Waals surface area contributed by atoms with Crippen molar-refractivity contribution in [3.63, 3.8) is 0 Å². The van der Waals surface area contributed by atoms with Gasteiger partial charge in [-0.1, -0.05) is 16.9 Å². The summed E-state index contributed by atoms with van der Waals surface area (Å²) < 4.78 is 35.8. The zero-order valence-electron chi connectivity index (χ0n) is 14.7. The lowest BCUT2D eigenvalue weighted by molar-refractivity contribution is -0.135. The largest absolute Gasteiger partial charge is 0.446 e. The topological polar surface area (TPSA) is 105 Å². The number of rotatable bonds is 5. The fourth-order valence-electron chi connectivity index (χ4n) is 2.68. The minimum absolute atomic E-state index is 0.0937. The Bertz CT molecular complexity index is 1070. The third-order valence-electron chi connectivity index (χ3n) is 3.91. The summed E-state index contributed by atoms with van der Waals surface area (Å²) in [5.41, 5.74) is 0.581. The second kappa shape index (κ2) is 7.43. The van der Waals surface area contributed by atoms with Crippen LogP contribution in [0.4, 0.5) is 4.39 Å². The zero-order chi connectivity index (χ0) is 19.9. The third-order valence-corrected chi connectivity index (χ3v) is 5.60. The number of halogens is 2. The molecule has 0 N–H and O–H groups in total. The van der Waals surface area contributed by atoms with Crippen molar-refractivity contribution >= 4 is 27.7 Å². The first-order valence-corrected chi connectivity index (χ1v) is 9.93. The summed E-state index contributed by atoms with van der Waals surface area (Å²) in [6, 6.07) is 4.08. The standard InChI is InChI=1S/C16H14BrFN4O5S/c1-16(2)24-6-9(25-16)7-28-14-12(19-27-21-14)13-20-26-15(23)22(13)8-3-4-11(18)10(17)5-8/h3-5,9H,6-7H2,1-2H3. The van der Waals surface area contributed by atoms with E-state index < -0.39 is 17.4 Å². The molecule has 0 saturated carbocycles. The normalized spacial score (nSPS) is 18.6. The fourth-order valence-corrected chi connectivity index (χ4v) is 3.91. The molecule has 9 nitrogen and oxygen atoms in total. The SMILES string of the molecule is CC1(C)OCC(CSc2nonc2-c2noc(=O)n2-c2ccc(F)c(Br)c2)O1. The minimum atomic E-state index is -0.748. The highest BCUT2D eigenvalue weighted by Gasteiger charge is 2.33. The average Bonchev–Trinajstić information content (AvgIpc) is 3.34. The van der Waals surface area contributed by atoms with Crippen LogP contribution >= 0.6 is 27.7 Å². The van der Waals surface area contributed by atoms with Crippen LogP contribution in [0.1, 0.15) is 13.8 Å². The maximum Gasteiger partial charge on any atom is 0.446 e. The van der Waals surface area contributed by atoms with Gasteiger partial charge in [0.15, 0.2) is 16.5 Å². The van der Waals surface area contributed by atoms with Crippen LogP contribution in [-0.2, 0) is 9.47 Å². The van der Waals surface area contributed by atoms with Crippen molar-refractivity contribution in [2.24, 2.45) is 0 Å². The molecule has 12 heteroatoms. The van der Waals surface area contributed by atoms with Gasteiger partial charge >= 0.3 is 5.76 Å². The molecule has 148 valence electrons. The highest BCUT2D eigenvalue weighted by molar-refractivity contribution is 9.10. The molecule has 0 aliphatic carbocycles. The van der Waals surface area contributed by atoms with E-state index in [-0.39, 0.29) is 22.1 Å². The van der Waals surface area contributed by atoms with E-state index in [4.69, 9.17) is 18.6 Å². The van der Waals surface area contributed by atoms with E-state index in [0.717, 1.165) is 4.57 Å². The Morgan fingerprint density at radius 1 is 1.36 bits per heavy atom. The van der Waals surface area contributed by atoms with Crippen molar-refractivity contribution in [1.29, 1.82) is 0 Å². The Hall–Kier alpha value is -2.02. The van der Waals surface area contributed by atoms with Gasteiger partial charge in [-0.2, -0.15) is 0 Å². The molecule has 1 aliphatic rings. The van der Waals surface area contributed by atoms with Crippen LogP contribution in [0.5, 0.6) is 0 Å². The number of hydrogen-bond donors (Lipinski definition) is 0. The highest BCUT2D eigenvalue weighted by Crippen LogP contribution is 2.32. The lowest BCUT2D eigenvalue weighted by Crippen LogP contribution is -2.22. The van der Waals surface area contributed by atoms with E-state index in [1.165, 1.54) is 30.0 Å². The lowest BCUT2D eigenvalue weighted by Gasteiger charge is -2.16. The molecule has 1 atom stereocenters. The molecule has 0 amide bonds. The molecule has 4 rings (SSSR count). The number of thioether (sulfide) groups is 1. The Morgan fingerprint density at radius 3 is 2.89 bits per heavy atom. The fraction of sp³-hybridized carbons (Fsp3) is 0.375. The summed E-state index contributed by atoms with van der Waals surface area (Å²) in [6.45, 7) is 4.14. The quantitative estimate of drug-likeness (QED) is 0.517. The van der Waals surface area contributed by atoms with E-state index in [1.807, 2.05) is 13.8 Å². The molecule has 0 radical (unpaired) electrons. The summed E-state index contributed by atoms with van der Waals surface area (Å²) in [4.78, 5) is 12.2. The van der Waals surface area contributed by atoms with Gasteiger partial charge in [-0.05, 0) is 58.3 Å². The van der Waals surface area contributed by atoms with Gasteiger partial charge in [0, 0.05) is 5.75 Å². The van der Waals surface area contributed by atoms with Crippen molar-refractivity contribution in [3.8, 4) is 17.2 Å². The maximum atomic E-state index is 13.5. The number of benzene rings is 1. The van der Waals surface area contributed by atoms with Crippen LogP contribution in [0.25, 0.3) is 17.2 Å². The summed E-state index contributed by atoms with van der Waals surface area (Å²) in [5.74, 6) is -1.21. The molecular formula is C16H14BrFN4O5S. The predicted molar refractivity (Wildman–Crippen MR) is 98.7 cm³/mol. The first-order chi connectivity index (χ1) is 13.3. The van der Waals surface area contributed by atoms with Gasteiger partial charge in [-0.3, -0.25) is 4.52 Å². The summed E-state index contributed by atoms with van der Waals surface area (Å²) >= 11 is 4.42. The smallest absolute Gasteiger partial charge is 0.348 e. The van der Waals surface area contributed by atoms with E-state index in [2.05, 4.69) is 31.4 Å². The Balaban J connectivity index is 1.62. The molecular weight excluding hydrogens is 459 g/mol. The molecule has 1 aromatic carbocycles. The van der Waals surface area contributed by atoms with Crippen LogP contribution in [0, 0.1) is 5.82 Å². The van der Waals surface area contributed by atoms with Crippen molar-refractivity contribution in [2.75, 3.05) is 12.4 Å². The highest BCUT2D eigenvalue weighted by atomic mass is 79.9. The summed E-state index contributed by atoms with van der Waals surface area (Å²) in [7, 11) is 0. The van der Waals surface area contributed by atoms with Crippen LogP contribution in [-0.4, -0.2) is 44.3 Å². The van der Waals surface area contributed by atoms with Crippen molar-refractivity contribution in [2.45, 2.75) is 30.8 Å². The van der Waals surface area contributed by atoms with Crippen LogP contribution in [0.3, 0.4) is 0 Å². The number of ether oxygens (including phenoxy) is 2. The molecule has 2 aromatic heterocycles. The first kappa shape index (κ1) is 19.3. The van der Waals surface area contributed by atoms with Gasteiger partial charge in [0.1, 0.15) is 5.82 Å². The second-order valence-corrected chi connectivity index (χ2v) is 8.25. The van der Waals surface area contributed by atoms with E-state index in [1.54, 1.807) is 0 Å². The zero-order valence-corrected chi connectivity index (χ0v) is 17.1. The molecule has 0 spiro atoms. The van der Waals surface area contributed by atoms with E-state index >= 15 is 0 Å². The first-order valence-electron chi connectivity index (χ1n) is 8.16. The maximum absolute atomic E-state index is 13.5. The number of nitrogens with zero attached hydrogens (tertiary/aromatic N) is 4. The molecule has 1 unspecified atom stereocenters. The average molecular weight is 473 g/mol. The monoisotopic (exact) mass is 472 g/mol. The van der Waals surface area contributed by atoms with Crippen molar-refractivity contribution < 1.29 is 23.0 Å². The molecule has 3 aromatic rings. The molecule has 3 heterocycles. The molecule has 1 fully saturated rings. The van der Waals surface area contributed by atoms with Gasteiger partial charge in [0.25, 0.3) is 0 Å². The van der Waals surface area contributed by atoms with E-state index in [9.17, 15) is 9.18 Å². The van der Waals surface area contributed by atoms with Gasteiger partial charge in [-0.25, -0.2) is 18.4 Å². The van der Waals surface area contributed by atoms with Crippen LogP contribution in [0.15, 0.2) is 41.6 Å². The van der Waals surface area contributed by atoms with Crippen molar-refractivity contribution in [3.05, 3.63) is 39.0 Å². The third kappa shape index (κ3) is 3.77. The predicted octanol–water partition coefficient (Wildman–Crippen LogP) is 3.02. The van der Waals surface area contributed by atoms with Gasteiger partial charge in [0.05, 0.1) is 22.9 Å². The van der Waals surface area contributed by atoms with Gasteiger partial charge in [0.2, 0.25) is 5.82 Å². The number of hydrogen-bond acceptors (Lipinski definition) is 9. The van der Waals surface area contributed by atoms with Crippen LogP contribution in [0.2, 0.25) is 0 Å². The molecule has 1 saturated heterocycles. The van der Waals surface area contributed by atoms with E-state index in [0.29, 0.717) is 23.1 Å². The minimum Gasteiger partial charge on any atom is -0.348 e. The van der Waals surface area contributed by atoms with Gasteiger partial charge < -0.3 is 9.47 Å². The van der Waals surface area contributed by atoms with Crippen LogP contribution < -0.4 is 5.76 Å². The van der Waals surface area contributed by atoms with Crippen molar-refractivity contribution in [1.82, 2.24) is 20.0 Å². The molecule has 28 heavy (non-hydrogen) atoms. The lowest BCUT2D eigenvalue weighted by atomic mass is 10.3. The summed E-state index contributed by atoms with van der Waals surface area (Å²) in [6.07, 6.45) is -0.128. The Labute approximate surface area is 170 Å². The Kier molecular flexibility index (Phi) is 5.12. The number of aromatic nitrogens is 4. The summed E-state index contributed by atoms with van der Waals surface area (Å²) in [5, 5.41) is 11.9. The molecule has 1 aliphatic heterocycles.